The fourth-order valence-corrected chi connectivity index (χ4v) is 3.49. The highest BCUT2D eigenvalue weighted by atomic mass is 35.5. The summed E-state index contributed by atoms with van der Waals surface area (Å²) in [4.78, 5) is 0. The first-order valence-corrected chi connectivity index (χ1v) is 7.02. The van der Waals surface area contributed by atoms with Crippen molar-refractivity contribution in [3.05, 3.63) is 57.5 Å². The average Bonchev–Trinajstić information content (AvgIpc) is 2.75. The molecule has 0 spiro atoms. The Hall–Kier alpha value is -1.21. The van der Waals surface area contributed by atoms with Crippen molar-refractivity contribution in [3.63, 3.8) is 0 Å². The van der Waals surface area contributed by atoms with Crippen LogP contribution in [0.15, 0.2) is 42.5 Å². The van der Waals surface area contributed by atoms with Gasteiger partial charge in [0.15, 0.2) is 0 Å². The lowest BCUT2D eigenvalue weighted by atomic mass is 10.0. The van der Waals surface area contributed by atoms with Crippen LogP contribution in [0.3, 0.4) is 0 Å². The molecule has 19 heavy (non-hydrogen) atoms. The van der Waals surface area contributed by atoms with E-state index in [4.69, 9.17) is 34.8 Å². The van der Waals surface area contributed by atoms with E-state index in [2.05, 4.69) is 6.07 Å². The second-order valence-electron chi connectivity index (χ2n) is 4.61. The number of fused-ring (bicyclic) bond motifs is 3. The summed E-state index contributed by atoms with van der Waals surface area (Å²) in [6.45, 7) is 0. The van der Waals surface area contributed by atoms with Gasteiger partial charge in [0, 0.05) is 16.0 Å². The van der Waals surface area contributed by atoms with Crippen LogP contribution in [0.4, 0.5) is 0 Å². The fourth-order valence-electron chi connectivity index (χ4n) is 2.84. The van der Waals surface area contributed by atoms with E-state index in [1.165, 1.54) is 5.56 Å². The molecule has 0 radical (unpaired) electrons. The lowest BCUT2D eigenvalue weighted by molar-refractivity contribution is 1.69. The molecule has 1 aliphatic rings. The molecule has 0 saturated heterocycles. The Morgan fingerprint density at radius 2 is 1.37 bits per heavy atom. The molecule has 0 fully saturated rings. The van der Waals surface area contributed by atoms with Gasteiger partial charge in [-0.3, -0.25) is 0 Å². The molecule has 92 valence electrons. The van der Waals surface area contributed by atoms with Gasteiger partial charge < -0.3 is 0 Å². The minimum atomic E-state index is 0.580. The van der Waals surface area contributed by atoms with E-state index in [-0.39, 0.29) is 0 Å². The molecule has 0 N–H and O–H groups in total. The number of benzene rings is 3. The van der Waals surface area contributed by atoms with Crippen molar-refractivity contribution in [1.82, 2.24) is 0 Å². The van der Waals surface area contributed by atoms with E-state index in [0.29, 0.717) is 10.0 Å². The first kappa shape index (κ1) is 11.6. The first-order chi connectivity index (χ1) is 9.18. The quantitative estimate of drug-likeness (QED) is 0.350. The molecule has 0 nitrogen and oxygen atoms in total. The maximum Gasteiger partial charge on any atom is 0.0677 e. The SMILES string of the molecule is Clc1ccc2c(c1Cl)-c1ccc(Cl)c3cccc-2c13. The van der Waals surface area contributed by atoms with Gasteiger partial charge in [-0.2, -0.15) is 0 Å². The molecule has 0 bridgehead atoms. The van der Waals surface area contributed by atoms with Crippen molar-refractivity contribution in [1.29, 1.82) is 0 Å². The Morgan fingerprint density at radius 1 is 0.632 bits per heavy atom. The number of rotatable bonds is 0. The summed E-state index contributed by atoms with van der Waals surface area (Å²) in [5.41, 5.74) is 4.41. The Labute approximate surface area is 125 Å². The highest BCUT2D eigenvalue weighted by Gasteiger charge is 2.25. The van der Waals surface area contributed by atoms with Crippen LogP contribution in [0.1, 0.15) is 0 Å². The second-order valence-corrected chi connectivity index (χ2v) is 5.80. The molecule has 3 aromatic rings. The van der Waals surface area contributed by atoms with Gasteiger partial charge in [-0.05, 0) is 34.2 Å². The maximum absolute atomic E-state index is 6.39. The van der Waals surface area contributed by atoms with Gasteiger partial charge in [-0.25, -0.2) is 0 Å². The highest BCUT2D eigenvalue weighted by Crippen LogP contribution is 2.52. The average molecular weight is 306 g/mol. The molecule has 3 aromatic carbocycles. The predicted molar refractivity (Wildman–Crippen MR) is 83.4 cm³/mol. The van der Waals surface area contributed by atoms with Crippen molar-refractivity contribution in [2.45, 2.75) is 0 Å². The molecule has 0 saturated carbocycles. The third kappa shape index (κ3) is 1.42. The van der Waals surface area contributed by atoms with E-state index in [1.54, 1.807) is 0 Å². The first-order valence-electron chi connectivity index (χ1n) is 5.88. The fraction of sp³-hybridized carbons (Fsp3) is 0. The lowest BCUT2D eigenvalue weighted by Crippen LogP contribution is -1.79. The van der Waals surface area contributed by atoms with E-state index in [9.17, 15) is 0 Å². The number of hydrogen-bond donors (Lipinski definition) is 0. The van der Waals surface area contributed by atoms with Gasteiger partial charge in [0.1, 0.15) is 0 Å². The van der Waals surface area contributed by atoms with Gasteiger partial charge in [0.25, 0.3) is 0 Å². The monoisotopic (exact) mass is 304 g/mol. The van der Waals surface area contributed by atoms with Gasteiger partial charge in [-0.1, -0.05) is 65.1 Å². The van der Waals surface area contributed by atoms with Crippen LogP contribution in [-0.4, -0.2) is 0 Å². The number of hydrogen-bond acceptors (Lipinski definition) is 0. The van der Waals surface area contributed by atoms with E-state index in [1.807, 2.05) is 36.4 Å². The summed E-state index contributed by atoms with van der Waals surface area (Å²) in [7, 11) is 0. The third-order valence-electron chi connectivity index (χ3n) is 3.64. The van der Waals surface area contributed by atoms with Gasteiger partial charge >= 0.3 is 0 Å². The van der Waals surface area contributed by atoms with Gasteiger partial charge in [0.05, 0.1) is 10.0 Å². The Bertz CT molecular complexity index is 850. The van der Waals surface area contributed by atoms with Gasteiger partial charge in [0.2, 0.25) is 0 Å². The normalized spacial score (nSPS) is 11.9. The summed E-state index contributed by atoms with van der Waals surface area (Å²) in [5, 5.41) is 4.17. The van der Waals surface area contributed by atoms with Crippen LogP contribution < -0.4 is 0 Å². The van der Waals surface area contributed by atoms with E-state index in [0.717, 1.165) is 32.5 Å². The van der Waals surface area contributed by atoms with Crippen molar-refractivity contribution < 1.29 is 0 Å². The molecule has 4 rings (SSSR count). The van der Waals surface area contributed by atoms with E-state index >= 15 is 0 Å². The summed E-state index contributed by atoms with van der Waals surface area (Å²) >= 11 is 18.8. The highest BCUT2D eigenvalue weighted by molar-refractivity contribution is 6.45. The smallest absolute Gasteiger partial charge is 0.0677 e. The summed E-state index contributed by atoms with van der Waals surface area (Å²) in [6, 6.07) is 13.9. The lowest BCUT2D eigenvalue weighted by Gasteiger charge is -2.06. The predicted octanol–water partition coefficient (Wildman–Crippen LogP) is 6.45. The zero-order valence-corrected chi connectivity index (χ0v) is 11.9. The Balaban J connectivity index is 2.27. The largest absolute Gasteiger partial charge is 0.0837 e. The number of halogens is 3. The van der Waals surface area contributed by atoms with E-state index < -0.39 is 0 Å². The summed E-state index contributed by atoms with van der Waals surface area (Å²) in [5.74, 6) is 0. The van der Waals surface area contributed by atoms with Crippen LogP contribution in [-0.2, 0) is 0 Å². The topological polar surface area (TPSA) is 0 Å². The minimum Gasteiger partial charge on any atom is -0.0837 e. The van der Waals surface area contributed by atoms with Crippen LogP contribution in [0.2, 0.25) is 15.1 Å². The Morgan fingerprint density at radius 3 is 2.21 bits per heavy atom. The van der Waals surface area contributed by atoms with Gasteiger partial charge in [-0.15, -0.1) is 0 Å². The van der Waals surface area contributed by atoms with Crippen molar-refractivity contribution in [3.8, 4) is 22.3 Å². The molecular weight excluding hydrogens is 299 g/mol. The zero-order valence-electron chi connectivity index (χ0n) is 9.68. The molecule has 1 aliphatic carbocycles. The van der Waals surface area contributed by atoms with Crippen LogP contribution in [0.5, 0.6) is 0 Å². The minimum absolute atomic E-state index is 0.580. The van der Waals surface area contributed by atoms with Crippen molar-refractivity contribution >= 4 is 45.6 Å². The molecule has 0 atom stereocenters. The summed E-state index contributed by atoms with van der Waals surface area (Å²) < 4.78 is 0. The molecular formula is C16H7Cl3. The van der Waals surface area contributed by atoms with Crippen molar-refractivity contribution in [2.75, 3.05) is 0 Å². The molecule has 0 unspecified atom stereocenters. The molecule has 0 aliphatic heterocycles. The molecule has 0 heterocycles. The third-order valence-corrected chi connectivity index (χ3v) is 4.78. The Kier molecular flexibility index (Phi) is 2.38. The molecule has 3 heteroatoms. The van der Waals surface area contributed by atoms with Crippen molar-refractivity contribution in [2.24, 2.45) is 0 Å². The standard InChI is InChI=1S/C16H7Cl3/c17-12-6-5-11-14-8(2-1-3-10(12)14)9-4-7-13(18)16(19)15(9)11/h1-7H. The second kappa shape index (κ2) is 3.89. The zero-order chi connectivity index (χ0) is 13.1. The summed E-state index contributed by atoms with van der Waals surface area (Å²) in [6.07, 6.45) is 0. The maximum atomic E-state index is 6.39. The molecule has 0 amide bonds. The molecule has 0 aromatic heterocycles. The van der Waals surface area contributed by atoms with Crippen LogP contribution in [0, 0.1) is 0 Å². The van der Waals surface area contributed by atoms with Crippen LogP contribution >= 0.6 is 34.8 Å². The van der Waals surface area contributed by atoms with Crippen LogP contribution in [0.25, 0.3) is 33.0 Å².